The highest BCUT2D eigenvalue weighted by Crippen LogP contribution is 2.34. The molecular formula is C23H37N3O5. The monoisotopic (exact) mass is 435 g/mol. The Morgan fingerprint density at radius 1 is 1.06 bits per heavy atom. The molecule has 1 fully saturated rings. The predicted molar refractivity (Wildman–Crippen MR) is 121 cm³/mol. The van der Waals surface area contributed by atoms with E-state index in [-0.39, 0.29) is 24.5 Å². The molecule has 0 aliphatic carbocycles. The van der Waals surface area contributed by atoms with Crippen LogP contribution in [0.3, 0.4) is 0 Å². The van der Waals surface area contributed by atoms with Crippen molar-refractivity contribution in [2.45, 2.75) is 52.9 Å². The van der Waals surface area contributed by atoms with Crippen molar-refractivity contribution in [2.24, 2.45) is 5.41 Å². The molecule has 3 N–H and O–H groups in total. The number of aliphatic hydroxyl groups excluding tert-OH is 1. The van der Waals surface area contributed by atoms with Crippen molar-refractivity contribution in [1.29, 1.82) is 0 Å². The molecule has 0 spiro atoms. The molecule has 1 heterocycles. The number of carbonyl (C=O) groups is 2. The van der Waals surface area contributed by atoms with Crippen molar-refractivity contribution in [2.75, 3.05) is 44.8 Å². The molecule has 1 aromatic rings. The Morgan fingerprint density at radius 3 is 2.29 bits per heavy atom. The minimum atomic E-state index is -0.580. The van der Waals surface area contributed by atoms with Crippen LogP contribution in [0.15, 0.2) is 18.2 Å². The molecule has 31 heavy (non-hydrogen) atoms. The number of aliphatic hydroxyl groups is 1. The van der Waals surface area contributed by atoms with Gasteiger partial charge in [-0.2, -0.15) is 0 Å². The number of rotatable bonds is 11. The maximum Gasteiger partial charge on any atom is 0.325 e. The molecule has 0 aromatic heterocycles. The van der Waals surface area contributed by atoms with E-state index >= 15 is 0 Å². The van der Waals surface area contributed by atoms with Gasteiger partial charge in [0.1, 0.15) is 0 Å². The van der Waals surface area contributed by atoms with Crippen LogP contribution in [-0.2, 0) is 4.79 Å². The molecule has 8 nitrogen and oxygen atoms in total. The van der Waals surface area contributed by atoms with E-state index in [2.05, 4.69) is 17.6 Å². The summed E-state index contributed by atoms with van der Waals surface area (Å²) < 4.78 is 11.4. The fourth-order valence-corrected chi connectivity index (χ4v) is 3.58. The van der Waals surface area contributed by atoms with Crippen LogP contribution < -0.4 is 20.1 Å². The second-order valence-electron chi connectivity index (χ2n) is 8.15. The van der Waals surface area contributed by atoms with Gasteiger partial charge in [0.25, 0.3) is 0 Å². The Kier molecular flexibility index (Phi) is 10.1. The fraction of sp³-hybridized carbons (Fsp3) is 0.652. The van der Waals surface area contributed by atoms with Crippen molar-refractivity contribution in [1.82, 2.24) is 10.2 Å². The molecule has 1 aliphatic rings. The third-order valence-corrected chi connectivity index (χ3v) is 5.75. The molecular weight excluding hydrogens is 398 g/mol. The summed E-state index contributed by atoms with van der Waals surface area (Å²) >= 11 is 0. The van der Waals surface area contributed by atoms with Crippen LogP contribution in [0.25, 0.3) is 0 Å². The average molecular weight is 436 g/mol. The van der Waals surface area contributed by atoms with Crippen LogP contribution in [-0.4, -0.2) is 61.4 Å². The number of hydrogen-bond donors (Lipinski definition) is 3. The highest BCUT2D eigenvalue weighted by molar-refractivity contribution is 6.01. The standard InChI is InChI=1S/C23H37N3O5/c1-4-13-30-19-8-7-18(15-20(19)31-14-5-2)24-22(29)25-21(28)16-26-11-9-23(6-3,17-27)10-12-26/h7-8,15,27H,4-6,9-14,16-17H2,1-3H3,(H2,24,25,28,29). The van der Waals surface area contributed by atoms with Gasteiger partial charge in [-0.1, -0.05) is 20.8 Å². The van der Waals surface area contributed by atoms with E-state index in [9.17, 15) is 14.7 Å². The lowest BCUT2D eigenvalue weighted by atomic mass is 9.77. The molecule has 0 radical (unpaired) electrons. The van der Waals surface area contributed by atoms with Crippen LogP contribution in [0.2, 0.25) is 0 Å². The van der Waals surface area contributed by atoms with Gasteiger partial charge in [0, 0.05) is 18.4 Å². The highest BCUT2D eigenvalue weighted by atomic mass is 16.5. The Balaban J connectivity index is 1.86. The van der Waals surface area contributed by atoms with Crippen LogP contribution in [0.1, 0.15) is 52.9 Å². The van der Waals surface area contributed by atoms with Crippen LogP contribution in [0, 0.1) is 5.41 Å². The number of urea groups is 1. The quantitative estimate of drug-likeness (QED) is 0.493. The lowest BCUT2D eigenvalue weighted by Gasteiger charge is -2.39. The Labute approximate surface area is 185 Å². The molecule has 0 bridgehead atoms. The largest absolute Gasteiger partial charge is 0.490 e. The zero-order valence-electron chi connectivity index (χ0n) is 19.0. The summed E-state index contributed by atoms with van der Waals surface area (Å²) in [4.78, 5) is 26.6. The minimum Gasteiger partial charge on any atom is -0.490 e. The summed E-state index contributed by atoms with van der Waals surface area (Å²) in [5.74, 6) is 0.848. The van der Waals surface area contributed by atoms with Gasteiger partial charge in [-0.05, 0) is 62.7 Å². The maximum absolute atomic E-state index is 12.3. The van der Waals surface area contributed by atoms with Gasteiger partial charge in [-0.25, -0.2) is 4.79 Å². The van der Waals surface area contributed by atoms with Crippen LogP contribution in [0.4, 0.5) is 10.5 Å². The van der Waals surface area contributed by atoms with Gasteiger partial charge in [0.05, 0.1) is 19.8 Å². The van der Waals surface area contributed by atoms with Gasteiger partial charge >= 0.3 is 6.03 Å². The smallest absolute Gasteiger partial charge is 0.325 e. The number of hydrogen-bond acceptors (Lipinski definition) is 6. The number of nitrogens with zero attached hydrogens (tertiary/aromatic N) is 1. The minimum absolute atomic E-state index is 0.0328. The normalized spacial score (nSPS) is 15.9. The summed E-state index contributed by atoms with van der Waals surface area (Å²) in [6.45, 7) is 9.07. The third-order valence-electron chi connectivity index (χ3n) is 5.75. The second kappa shape index (κ2) is 12.5. The van der Waals surface area contributed by atoms with Crippen molar-refractivity contribution in [3.05, 3.63) is 18.2 Å². The molecule has 1 aromatic carbocycles. The van der Waals surface area contributed by atoms with E-state index in [1.54, 1.807) is 18.2 Å². The maximum atomic E-state index is 12.3. The zero-order valence-corrected chi connectivity index (χ0v) is 19.0. The lowest BCUT2D eigenvalue weighted by molar-refractivity contribution is -0.121. The number of carbonyl (C=O) groups excluding carboxylic acids is 2. The van der Waals surface area contributed by atoms with Crippen LogP contribution >= 0.6 is 0 Å². The number of likely N-dealkylation sites (tertiary alicyclic amines) is 1. The molecule has 3 amide bonds. The topological polar surface area (TPSA) is 100 Å². The molecule has 0 saturated carbocycles. The number of ether oxygens (including phenoxy) is 2. The first kappa shape index (κ1) is 24.9. The lowest BCUT2D eigenvalue weighted by Crippen LogP contribution is -2.47. The van der Waals surface area contributed by atoms with E-state index in [4.69, 9.17) is 9.47 Å². The van der Waals surface area contributed by atoms with Crippen molar-refractivity contribution in [3.8, 4) is 11.5 Å². The van der Waals surface area contributed by atoms with E-state index in [0.29, 0.717) is 30.4 Å². The molecule has 8 heteroatoms. The summed E-state index contributed by atoms with van der Waals surface area (Å²) in [5, 5.41) is 14.7. The molecule has 0 unspecified atom stereocenters. The van der Waals surface area contributed by atoms with Crippen molar-refractivity contribution < 1.29 is 24.2 Å². The molecule has 174 valence electrons. The summed E-state index contributed by atoms with van der Waals surface area (Å²) in [5.41, 5.74) is 0.489. The summed E-state index contributed by atoms with van der Waals surface area (Å²) in [7, 11) is 0. The van der Waals surface area contributed by atoms with E-state index in [0.717, 1.165) is 45.2 Å². The Bertz CT molecular complexity index is 711. The number of anilines is 1. The van der Waals surface area contributed by atoms with Gasteiger partial charge in [-0.15, -0.1) is 0 Å². The van der Waals surface area contributed by atoms with Crippen molar-refractivity contribution >= 4 is 17.6 Å². The number of imide groups is 1. The van der Waals surface area contributed by atoms with E-state index < -0.39 is 6.03 Å². The number of piperidine rings is 1. The van der Waals surface area contributed by atoms with Gasteiger partial charge in [0.2, 0.25) is 5.91 Å². The summed E-state index contributed by atoms with van der Waals surface area (Å²) in [6, 6.07) is 4.60. The zero-order chi connectivity index (χ0) is 22.7. The first-order chi connectivity index (χ1) is 14.9. The average Bonchev–Trinajstić information content (AvgIpc) is 2.77. The SMILES string of the molecule is CCCOc1ccc(NC(=O)NC(=O)CN2CCC(CC)(CO)CC2)cc1OCCC. The molecule has 1 aliphatic heterocycles. The van der Waals surface area contributed by atoms with E-state index in [1.165, 1.54) is 0 Å². The molecule has 1 saturated heterocycles. The first-order valence-corrected chi connectivity index (χ1v) is 11.3. The molecule has 0 atom stereocenters. The molecule has 2 rings (SSSR count). The third kappa shape index (κ3) is 7.70. The summed E-state index contributed by atoms with van der Waals surface area (Å²) in [6.07, 6.45) is 4.37. The second-order valence-corrected chi connectivity index (χ2v) is 8.15. The number of benzene rings is 1. The van der Waals surface area contributed by atoms with Gasteiger partial charge < -0.3 is 19.9 Å². The van der Waals surface area contributed by atoms with Crippen molar-refractivity contribution in [3.63, 3.8) is 0 Å². The van der Waals surface area contributed by atoms with Crippen LogP contribution in [0.5, 0.6) is 11.5 Å². The highest BCUT2D eigenvalue weighted by Gasteiger charge is 2.32. The predicted octanol–water partition coefficient (Wildman–Crippen LogP) is 3.40. The van der Waals surface area contributed by atoms with E-state index in [1.807, 2.05) is 18.7 Å². The Morgan fingerprint density at radius 2 is 1.71 bits per heavy atom. The number of amides is 3. The fourth-order valence-electron chi connectivity index (χ4n) is 3.58. The van der Waals surface area contributed by atoms with Gasteiger partial charge in [-0.3, -0.25) is 15.0 Å². The Hall–Kier alpha value is -2.32. The van der Waals surface area contributed by atoms with Gasteiger partial charge in [0.15, 0.2) is 11.5 Å². The number of nitrogens with one attached hydrogen (secondary N) is 2. The first-order valence-electron chi connectivity index (χ1n) is 11.3.